The highest BCUT2D eigenvalue weighted by atomic mass is 79.9. The number of likely N-dealkylation sites (N-methyl/N-ethyl adjacent to an activating group) is 1. The van der Waals surface area contributed by atoms with Gasteiger partial charge in [-0.15, -0.1) is 0 Å². The number of carbonyl (C=O) groups excluding carboxylic acids is 1. The number of Topliss-reactive ketones (excluding diaryl/α,β-unsaturated/α-hetero) is 1. The number of carbonyl (C=O) groups is 1. The van der Waals surface area contributed by atoms with E-state index in [-0.39, 0.29) is 5.78 Å². The molecule has 0 radical (unpaired) electrons. The summed E-state index contributed by atoms with van der Waals surface area (Å²) in [6.45, 7) is 2.65. The zero-order valence-electron chi connectivity index (χ0n) is 11.6. The molecule has 1 N–H and O–H groups in total. The van der Waals surface area contributed by atoms with Crippen molar-refractivity contribution in [3.05, 3.63) is 64.9 Å². The minimum Gasteiger partial charge on any atom is -0.374 e. The number of hydrogen-bond donors (Lipinski definition) is 1. The van der Waals surface area contributed by atoms with Gasteiger partial charge in [0.1, 0.15) is 0 Å². The number of benzene rings is 1. The molecule has 21 heavy (non-hydrogen) atoms. The Morgan fingerprint density at radius 1 is 1.29 bits per heavy atom. The first-order valence-electron chi connectivity index (χ1n) is 6.66. The number of aromatic nitrogens is 1. The molecule has 108 valence electrons. The number of hydrogen-bond acceptors (Lipinski definition) is 2. The third-order valence-electron chi connectivity index (χ3n) is 2.99. The summed E-state index contributed by atoms with van der Waals surface area (Å²) in [5, 5.41) is 3.09. The fourth-order valence-electron chi connectivity index (χ4n) is 2.04. The van der Waals surface area contributed by atoms with Crippen LogP contribution in [-0.2, 0) is 0 Å². The fourth-order valence-corrected chi connectivity index (χ4v) is 2.82. The van der Waals surface area contributed by atoms with Gasteiger partial charge < -0.3 is 5.32 Å². The Kier molecular flexibility index (Phi) is 5.59. The first kappa shape index (κ1) is 15.8. The molecule has 0 aliphatic rings. The predicted octanol–water partition coefficient (Wildman–Crippen LogP) is 3.10. The second-order valence-electron chi connectivity index (χ2n) is 4.49. The Morgan fingerprint density at radius 2 is 2.00 bits per heavy atom. The van der Waals surface area contributed by atoms with E-state index in [1.165, 1.54) is 0 Å². The van der Waals surface area contributed by atoms with Gasteiger partial charge in [-0.3, -0.25) is 4.79 Å². The number of pyridine rings is 1. The maximum absolute atomic E-state index is 12.8. The Morgan fingerprint density at radius 3 is 2.62 bits per heavy atom. The lowest BCUT2D eigenvalue weighted by atomic mass is 10.0. The van der Waals surface area contributed by atoms with E-state index in [0.29, 0.717) is 17.1 Å². The van der Waals surface area contributed by atoms with E-state index in [1.54, 1.807) is 6.07 Å². The van der Waals surface area contributed by atoms with Crippen LogP contribution < -0.4 is 9.88 Å². The average molecular weight is 364 g/mol. The number of nitrogens with one attached hydrogen (secondary N) is 1. The van der Waals surface area contributed by atoms with Crippen LogP contribution in [0.15, 0.2) is 59.3 Å². The first-order chi connectivity index (χ1) is 10.1. The van der Waals surface area contributed by atoms with Crippen molar-refractivity contribution in [3.8, 4) is 0 Å². The molecular formula is C16H16BrN2OS+. The standard InChI is InChI=1S/C16H15BrN2OS/c1-2-18-16(21)14(19-9-4-3-5-10-19)15(20)12-7-6-8-13(17)11-12/h3-11,14H,2H2,1H3/p+1. The van der Waals surface area contributed by atoms with Crippen LogP contribution in [0, 0.1) is 0 Å². The molecule has 0 saturated heterocycles. The summed E-state index contributed by atoms with van der Waals surface area (Å²) in [5.41, 5.74) is 0.631. The van der Waals surface area contributed by atoms with Crippen molar-refractivity contribution in [2.45, 2.75) is 13.0 Å². The number of rotatable bonds is 5. The highest BCUT2D eigenvalue weighted by molar-refractivity contribution is 9.10. The topological polar surface area (TPSA) is 33.0 Å². The molecule has 0 aliphatic heterocycles. The molecule has 0 bridgehead atoms. The summed E-state index contributed by atoms with van der Waals surface area (Å²) in [5.74, 6) is -0.0292. The molecule has 0 spiro atoms. The second-order valence-corrected chi connectivity index (χ2v) is 5.85. The maximum atomic E-state index is 12.8. The van der Waals surface area contributed by atoms with E-state index in [0.717, 1.165) is 4.47 Å². The van der Waals surface area contributed by atoms with E-state index >= 15 is 0 Å². The van der Waals surface area contributed by atoms with Gasteiger partial charge in [0.25, 0.3) is 6.04 Å². The van der Waals surface area contributed by atoms with E-state index in [1.807, 2.05) is 60.3 Å². The van der Waals surface area contributed by atoms with Gasteiger partial charge in [0, 0.05) is 28.7 Å². The Labute approximate surface area is 138 Å². The average Bonchev–Trinajstić information content (AvgIpc) is 2.49. The zero-order valence-corrected chi connectivity index (χ0v) is 14.0. The highest BCUT2D eigenvalue weighted by Gasteiger charge is 2.32. The van der Waals surface area contributed by atoms with Gasteiger partial charge in [0.2, 0.25) is 5.78 Å². The van der Waals surface area contributed by atoms with Crippen molar-refractivity contribution in [1.29, 1.82) is 0 Å². The van der Waals surface area contributed by atoms with Gasteiger partial charge >= 0.3 is 0 Å². The van der Waals surface area contributed by atoms with Gasteiger partial charge in [-0.1, -0.05) is 46.3 Å². The predicted molar refractivity (Wildman–Crippen MR) is 90.4 cm³/mol. The van der Waals surface area contributed by atoms with Gasteiger partial charge in [-0.2, -0.15) is 4.57 Å². The molecule has 1 heterocycles. The summed E-state index contributed by atoms with van der Waals surface area (Å²) < 4.78 is 2.70. The first-order valence-corrected chi connectivity index (χ1v) is 7.87. The molecule has 5 heteroatoms. The van der Waals surface area contributed by atoms with Crippen LogP contribution in [0.2, 0.25) is 0 Å². The quantitative estimate of drug-likeness (QED) is 0.503. The Hall–Kier alpha value is -1.59. The molecule has 1 atom stereocenters. The Bertz CT molecular complexity index is 646. The highest BCUT2D eigenvalue weighted by Crippen LogP contribution is 2.16. The number of nitrogens with zero attached hydrogens (tertiary/aromatic N) is 1. The van der Waals surface area contributed by atoms with Crippen LogP contribution >= 0.6 is 28.1 Å². The van der Waals surface area contributed by atoms with Crippen LogP contribution in [0.1, 0.15) is 23.3 Å². The summed E-state index contributed by atoms with van der Waals surface area (Å²) in [4.78, 5) is 13.4. The number of thiocarbonyl (C=S) groups is 1. The van der Waals surface area contributed by atoms with Crippen LogP contribution in [-0.4, -0.2) is 17.3 Å². The third-order valence-corrected chi connectivity index (χ3v) is 3.85. The van der Waals surface area contributed by atoms with E-state index in [2.05, 4.69) is 21.2 Å². The monoisotopic (exact) mass is 363 g/mol. The molecule has 2 rings (SSSR count). The van der Waals surface area contributed by atoms with Crippen molar-refractivity contribution in [1.82, 2.24) is 5.32 Å². The van der Waals surface area contributed by atoms with Gasteiger partial charge in [0.05, 0.1) is 0 Å². The smallest absolute Gasteiger partial charge is 0.270 e. The van der Waals surface area contributed by atoms with Crippen molar-refractivity contribution in [2.24, 2.45) is 0 Å². The summed E-state index contributed by atoms with van der Waals surface area (Å²) >= 11 is 8.80. The summed E-state index contributed by atoms with van der Waals surface area (Å²) in [6.07, 6.45) is 3.70. The molecule has 0 amide bonds. The van der Waals surface area contributed by atoms with Crippen LogP contribution in [0.3, 0.4) is 0 Å². The Balaban J connectivity index is 2.40. The molecule has 1 aromatic carbocycles. The van der Waals surface area contributed by atoms with Crippen molar-refractivity contribution >= 4 is 38.9 Å². The molecular weight excluding hydrogens is 348 g/mol. The van der Waals surface area contributed by atoms with E-state index < -0.39 is 6.04 Å². The maximum Gasteiger partial charge on any atom is 0.270 e. The van der Waals surface area contributed by atoms with Gasteiger partial charge in [-0.25, -0.2) is 0 Å². The van der Waals surface area contributed by atoms with Crippen molar-refractivity contribution < 1.29 is 9.36 Å². The number of ketones is 1. The minimum absolute atomic E-state index is 0.0292. The van der Waals surface area contributed by atoms with Crippen LogP contribution in [0.5, 0.6) is 0 Å². The molecule has 0 aliphatic carbocycles. The summed E-state index contributed by atoms with van der Waals surface area (Å²) in [6, 6.07) is 12.5. The fraction of sp³-hybridized carbons (Fsp3) is 0.188. The molecule has 1 unspecified atom stereocenters. The largest absolute Gasteiger partial charge is 0.374 e. The number of halogens is 1. The second kappa shape index (κ2) is 7.43. The molecule has 2 aromatic rings. The lowest BCUT2D eigenvalue weighted by molar-refractivity contribution is -0.692. The zero-order chi connectivity index (χ0) is 15.2. The van der Waals surface area contributed by atoms with Crippen molar-refractivity contribution in [2.75, 3.05) is 6.54 Å². The summed E-state index contributed by atoms with van der Waals surface area (Å²) in [7, 11) is 0. The lowest BCUT2D eigenvalue weighted by Crippen LogP contribution is -2.51. The van der Waals surface area contributed by atoms with Crippen LogP contribution in [0.4, 0.5) is 0 Å². The third kappa shape index (κ3) is 3.95. The lowest BCUT2D eigenvalue weighted by Gasteiger charge is -2.13. The minimum atomic E-state index is -0.532. The molecule has 0 fully saturated rings. The van der Waals surface area contributed by atoms with Gasteiger partial charge in [0.15, 0.2) is 17.4 Å². The molecule has 0 saturated carbocycles. The van der Waals surface area contributed by atoms with E-state index in [9.17, 15) is 4.79 Å². The van der Waals surface area contributed by atoms with Gasteiger partial charge in [-0.05, 0) is 19.1 Å². The van der Waals surface area contributed by atoms with E-state index in [4.69, 9.17) is 12.2 Å². The van der Waals surface area contributed by atoms with Crippen molar-refractivity contribution in [3.63, 3.8) is 0 Å². The molecule has 3 nitrogen and oxygen atoms in total. The SMILES string of the molecule is CCNC(=S)C(C(=O)c1cccc(Br)c1)[n+]1ccccc1. The normalized spacial score (nSPS) is 11.7. The van der Waals surface area contributed by atoms with Crippen LogP contribution in [0.25, 0.3) is 0 Å². The molecule has 1 aromatic heterocycles.